The maximum Gasteiger partial charge on any atom is 0.272 e. The number of hydrogen-bond acceptors (Lipinski definition) is 6. The number of carbonyl (C=O) groups excluding carboxylic acids is 1. The Morgan fingerprint density at radius 3 is 2.75 bits per heavy atom. The van der Waals surface area contributed by atoms with Crippen LogP contribution in [0.3, 0.4) is 0 Å². The number of ether oxygens (including phenoxy) is 1. The monoisotopic (exact) mass is 327 g/mol. The summed E-state index contributed by atoms with van der Waals surface area (Å²) in [5.41, 5.74) is 2.22. The molecule has 1 amide bonds. The maximum atomic E-state index is 12.5. The first-order valence-electron chi connectivity index (χ1n) is 7.65. The van der Waals surface area contributed by atoms with Gasteiger partial charge >= 0.3 is 0 Å². The quantitative estimate of drug-likeness (QED) is 0.691. The van der Waals surface area contributed by atoms with Gasteiger partial charge < -0.3 is 9.64 Å². The lowest BCUT2D eigenvalue weighted by Gasteiger charge is -2.38. The second-order valence-electron chi connectivity index (χ2n) is 5.95. The van der Waals surface area contributed by atoms with Crippen LogP contribution < -0.4 is 4.74 Å². The lowest BCUT2D eigenvalue weighted by Crippen LogP contribution is -2.56. The van der Waals surface area contributed by atoms with Crippen LogP contribution in [0.2, 0.25) is 0 Å². The molecule has 9 nitrogen and oxygen atoms in total. The van der Waals surface area contributed by atoms with Gasteiger partial charge in [-0.2, -0.15) is 19.7 Å². The van der Waals surface area contributed by atoms with Crippen molar-refractivity contribution in [1.82, 2.24) is 34.3 Å². The summed E-state index contributed by atoms with van der Waals surface area (Å²) in [6, 6.07) is 3.61. The van der Waals surface area contributed by atoms with Crippen molar-refractivity contribution in [2.45, 2.75) is 20.0 Å². The molecule has 0 atom stereocenters. The zero-order valence-electron chi connectivity index (χ0n) is 13.7. The molecule has 4 heterocycles. The van der Waals surface area contributed by atoms with Crippen molar-refractivity contribution < 1.29 is 9.53 Å². The predicted octanol–water partition coefficient (Wildman–Crippen LogP) is 0.378. The van der Waals surface area contributed by atoms with Crippen molar-refractivity contribution in [2.75, 3.05) is 13.1 Å². The van der Waals surface area contributed by atoms with E-state index < -0.39 is 0 Å². The summed E-state index contributed by atoms with van der Waals surface area (Å²) in [4.78, 5) is 22.6. The molecule has 1 fully saturated rings. The van der Waals surface area contributed by atoms with Crippen LogP contribution in [0.15, 0.2) is 18.5 Å². The molecule has 0 unspecified atom stereocenters. The Bertz CT molecular complexity index is 923. The molecule has 0 aliphatic carbocycles. The summed E-state index contributed by atoms with van der Waals surface area (Å²) in [5, 5.41) is 8.32. The second kappa shape index (κ2) is 5.29. The first kappa shape index (κ1) is 14.6. The fourth-order valence-corrected chi connectivity index (χ4v) is 2.80. The minimum Gasteiger partial charge on any atom is -0.470 e. The lowest BCUT2D eigenvalue weighted by atomic mass is 10.1. The zero-order valence-corrected chi connectivity index (χ0v) is 13.7. The molecule has 0 saturated carbocycles. The SMILES string of the molecule is Cc1cc(OC2CN(C(=O)c3cc(C)nn3C)C2)n2ncnc2n1. The van der Waals surface area contributed by atoms with Crippen molar-refractivity contribution in [2.24, 2.45) is 7.05 Å². The Labute approximate surface area is 137 Å². The average molecular weight is 327 g/mol. The Hall–Kier alpha value is -2.97. The highest BCUT2D eigenvalue weighted by molar-refractivity contribution is 5.93. The van der Waals surface area contributed by atoms with Crippen LogP contribution in [0.1, 0.15) is 21.9 Å². The van der Waals surface area contributed by atoms with Crippen LogP contribution in [-0.4, -0.2) is 59.4 Å². The van der Waals surface area contributed by atoms with Crippen molar-refractivity contribution in [3.63, 3.8) is 0 Å². The molecule has 0 aromatic carbocycles. The van der Waals surface area contributed by atoms with Gasteiger partial charge in [-0.25, -0.2) is 4.98 Å². The third kappa shape index (κ3) is 2.38. The summed E-state index contributed by atoms with van der Waals surface area (Å²) >= 11 is 0. The van der Waals surface area contributed by atoms with Gasteiger partial charge in [0.05, 0.1) is 18.8 Å². The van der Waals surface area contributed by atoms with E-state index in [1.54, 1.807) is 27.2 Å². The number of fused-ring (bicyclic) bond motifs is 1. The van der Waals surface area contributed by atoms with Gasteiger partial charge in [0.25, 0.3) is 11.7 Å². The summed E-state index contributed by atoms with van der Waals surface area (Å²) in [6.07, 6.45) is 1.37. The minimum atomic E-state index is -0.0718. The van der Waals surface area contributed by atoms with Gasteiger partial charge in [-0.15, -0.1) is 0 Å². The number of nitrogens with zero attached hydrogens (tertiary/aromatic N) is 7. The fourth-order valence-electron chi connectivity index (χ4n) is 2.80. The normalized spacial score (nSPS) is 14.9. The molecule has 124 valence electrons. The third-order valence-corrected chi connectivity index (χ3v) is 3.99. The lowest BCUT2D eigenvalue weighted by molar-refractivity contribution is 0.0142. The highest BCUT2D eigenvalue weighted by Crippen LogP contribution is 2.20. The van der Waals surface area contributed by atoms with Gasteiger partial charge in [0.1, 0.15) is 18.1 Å². The van der Waals surface area contributed by atoms with E-state index in [1.807, 2.05) is 19.9 Å². The average Bonchev–Trinajstić information content (AvgIpc) is 3.07. The van der Waals surface area contributed by atoms with Gasteiger partial charge in [0.2, 0.25) is 5.88 Å². The Balaban J connectivity index is 1.45. The molecule has 0 bridgehead atoms. The molecule has 1 aliphatic heterocycles. The first-order chi connectivity index (χ1) is 11.5. The summed E-state index contributed by atoms with van der Waals surface area (Å²) < 4.78 is 9.12. The third-order valence-electron chi connectivity index (χ3n) is 3.99. The van der Waals surface area contributed by atoms with Gasteiger partial charge in [0, 0.05) is 18.8 Å². The molecule has 9 heteroatoms. The largest absolute Gasteiger partial charge is 0.470 e. The summed E-state index contributed by atoms with van der Waals surface area (Å²) in [7, 11) is 1.77. The molecular weight excluding hydrogens is 310 g/mol. The highest BCUT2D eigenvalue weighted by Gasteiger charge is 2.34. The van der Waals surface area contributed by atoms with Crippen LogP contribution >= 0.6 is 0 Å². The van der Waals surface area contributed by atoms with E-state index in [0.717, 1.165) is 11.4 Å². The standard InChI is InChI=1S/C15H17N7O2/c1-9-5-13(22-15(18-9)16-8-17-22)24-11-6-21(7-11)14(23)12-4-10(2)19-20(12)3/h4-5,8,11H,6-7H2,1-3H3. The molecular formula is C15H17N7O2. The first-order valence-corrected chi connectivity index (χ1v) is 7.65. The van der Waals surface area contributed by atoms with Crippen molar-refractivity contribution in [3.05, 3.63) is 35.5 Å². The molecule has 1 saturated heterocycles. The van der Waals surface area contributed by atoms with Gasteiger partial charge in [-0.1, -0.05) is 0 Å². The number of carbonyl (C=O) groups is 1. The van der Waals surface area contributed by atoms with E-state index in [-0.39, 0.29) is 12.0 Å². The van der Waals surface area contributed by atoms with Crippen LogP contribution in [0.5, 0.6) is 5.88 Å². The van der Waals surface area contributed by atoms with E-state index in [4.69, 9.17) is 4.74 Å². The van der Waals surface area contributed by atoms with Crippen molar-refractivity contribution in [3.8, 4) is 5.88 Å². The van der Waals surface area contributed by atoms with Gasteiger partial charge in [-0.05, 0) is 19.9 Å². The van der Waals surface area contributed by atoms with E-state index in [1.165, 1.54) is 6.33 Å². The summed E-state index contributed by atoms with van der Waals surface area (Å²) in [5.74, 6) is 1.06. The number of aromatic nitrogens is 6. The smallest absolute Gasteiger partial charge is 0.272 e. The Kier molecular flexibility index (Phi) is 3.22. The Morgan fingerprint density at radius 1 is 1.25 bits per heavy atom. The summed E-state index contributed by atoms with van der Waals surface area (Å²) in [6.45, 7) is 4.80. The van der Waals surface area contributed by atoms with E-state index in [9.17, 15) is 4.79 Å². The highest BCUT2D eigenvalue weighted by atomic mass is 16.5. The van der Waals surface area contributed by atoms with Gasteiger partial charge in [-0.3, -0.25) is 9.48 Å². The minimum absolute atomic E-state index is 0.0326. The number of likely N-dealkylation sites (tertiary alicyclic amines) is 1. The predicted molar refractivity (Wildman–Crippen MR) is 83.8 cm³/mol. The molecule has 0 spiro atoms. The number of amides is 1. The topological polar surface area (TPSA) is 90.4 Å². The Morgan fingerprint density at radius 2 is 2.04 bits per heavy atom. The van der Waals surface area contributed by atoms with E-state index in [0.29, 0.717) is 30.4 Å². The van der Waals surface area contributed by atoms with Crippen molar-refractivity contribution >= 4 is 11.7 Å². The van der Waals surface area contributed by atoms with E-state index >= 15 is 0 Å². The molecule has 3 aromatic heterocycles. The molecule has 0 N–H and O–H groups in total. The number of hydrogen-bond donors (Lipinski definition) is 0. The number of rotatable bonds is 3. The molecule has 4 rings (SSSR count). The second-order valence-corrected chi connectivity index (χ2v) is 5.95. The number of aryl methyl sites for hydroxylation is 3. The van der Waals surface area contributed by atoms with Crippen molar-refractivity contribution in [1.29, 1.82) is 0 Å². The molecule has 0 radical (unpaired) electrons. The van der Waals surface area contributed by atoms with Crippen LogP contribution in [-0.2, 0) is 7.05 Å². The molecule has 1 aliphatic rings. The van der Waals surface area contributed by atoms with Crippen LogP contribution in [0, 0.1) is 13.8 Å². The van der Waals surface area contributed by atoms with Gasteiger partial charge in [0.15, 0.2) is 0 Å². The van der Waals surface area contributed by atoms with Crippen LogP contribution in [0.4, 0.5) is 0 Å². The maximum absolute atomic E-state index is 12.5. The van der Waals surface area contributed by atoms with E-state index in [2.05, 4.69) is 20.2 Å². The molecule has 24 heavy (non-hydrogen) atoms. The molecule has 3 aromatic rings. The zero-order chi connectivity index (χ0) is 16.8. The van der Waals surface area contributed by atoms with Crippen LogP contribution in [0.25, 0.3) is 5.78 Å². The fraction of sp³-hybridized carbons (Fsp3) is 0.400.